The predicted octanol–water partition coefficient (Wildman–Crippen LogP) is 1.89. The number of carbonyl (C=O) groups excluding carboxylic acids is 2. The zero-order valence-corrected chi connectivity index (χ0v) is 10.00. The fourth-order valence-corrected chi connectivity index (χ4v) is 1.74. The van der Waals surface area contributed by atoms with E-state index in [1.165, 1.54) is 7.11 Å². The molecule has 1 aromatic carbocycles. The van der Waals surface area contributed by atoms with Crippen LogP contribution in [0.4, 0.5) is 0 Å². The van der Waals surface area contributed by atoms with Crippen LogP contribution < -0.4 is 0 Å². The molecule has 0 atom stereocenters. The number of ketones is 1. The molecule has 0 aliphatic heterocycles. The van der Waals surface area contributed by atoms with Gasteiger partial charge in [-0.15, -0.1) is 0 Å². The van der Waals surface area contributed by atoms with E-state index in [0.717, 1.165) is 5.56 Å². The van der Waals surface area contributed by atoms with Gasteiger partial charge >= 0.3 is 5.97 Å². The van der Waals surface area contributed by atoms with Gasteiger partial charge in [-0.1, -0.05) is 30.3 Å². The quantitative estimate of drug-likeness (QED) is 0.468. The van der Waals surface area contributed by atoms with Gasteiger partial charge in [0.1, 0.15) is 0 Å². The number of nitrogens with zero attached hydrogens (tertiary/aromatic N) is 1. The second kappa shape index (κ2) is 5.31. The predicted molar refractivity (Wildman–Crippen MR) is 66.3 cm³/mol. The Morgan fingerprint density at radius 1 is 1.11 bits per heavy atom. The number of benzene rings is 1. The lowest BCUT2D eigenvalue weighted by Gasteiger charge is -2.07. The molecule has 4 heteroatoms. The van der Waals surface area contributed by atoms with E-state index in [2.05, 4.69) is 4.74 Å². The minimum Gasteiger partial charge on any atom is -0.463 e. The summed E-state index contributed by atoms with van der Waals surface area (Å²) in [7, 11) is 1.20. The molecule has 0 saturated carbocycles. The van der Waals surface area contributed by atoms with Crippen molar-refractivity contribution in [2.45, 2.75) is 6.54 Å². The first-order valence-corrected chi connectivity index (χ1v) is 5.54. The maximum atomic E-state index is 11.8. The lowest BCUT2D eigenvalue weighted by atomic mass is 10.2. The number of esters is 1. The Labute approximate surface area is 105 Å². The molecule has 0 radical (unpaired) electrons. The number of rotatable bonds is 4. The maximum Gasteiger partial charge on any atom is 0.381 e. The smallest absolute Gasteiger partial charge is 0.381 e. The third kappa shape index (κ3) is 2.48. The van der Waals surface area contributed by atoms with Crippen LogP contribution in [-0.4, -0.2) is 23.4 Å². The Hall–Kier alpha value is -2.36. The minimum atomic E-state index is -0.844. The molecule has 4 nitrogen and oxygen atoms in total. The molecule has 0 spiro atoms. The van der Waals surface area contributed by atoms with Crippen LogP contribution in [0.25, 0.3) is 0 Å². The van der Waals surface area contributed by atoms with Gasteiger partial charge in [0, 0.05) is 12.7 Å². The number of carbonyl (C=O) groups is 2. The van der Waals surface area contributed by atoms with Crippen molar-refractivity contribution in [3.63, 3.8) is 0 Å². The average molecular weight is 243 g/mol. The van der Waals surface area contributed by atoms with Crippen LogP contribution in [-0.2, 0) is 16.1 Å². The zero-order valence-electron chi connectivity index (χ0n) is 10.00. The van der Waals surface area contributed by atoms with Crippen LogP contribution in [0.3, 0.4) is 0 Å². The summed E-state index contributed by atoms with van der Waals surface area (Å²) in [5, 5.41) is 0. The summed E-state index contributed by atoms with van der Waals surface area (Å²) in [6.45, 7) is 0.548. The van der Waals surface area contributed by atoms with Crippen molar-refractivity contribution in [2.75, 3.05) is 7.11 Å². The Kier molecular flexibility index (Phi) is 3.57. The molecule has 92 valence electrons. The lowest BCUT2D eigenvalue weighted by molar-refractivity contribution is -0.135. The molecule has 1 aromatic heterocycles. The second-order valence-electron chi connectivity index (χ2n) is 3.83. The van der Waals surface area contributed by atoms with Crippen LogP contribution in [0.2, 0.25) is 0 Å². The second-order valence-corrected chi connectivity index (χ2v) is 3.83. The minimum absolute atomic E-state index is 0.339. The molecule has 2 rings (SSSR count). The van der Waals surface area contributed by atoms with Gasteiger partial charge in [0.25, 0.3) is 5.78 Å². The van der Waals surface area contributed by atoms with E-state index in [4.69, 9.17) is 0 Å². The van der Waals surface area contributed by atoms with Gasteiger partial charge in [-0.3, -0.25) is 4.79 Å². The van der Waals surface area contributed by atoms with E-state index >= 15 is 0 Å². The Morgan fingerprint density at radius 2 is 1.83 bits per heavy atom. The van der Waals surface area contributed by atoms with Gasteiger partial charge in [-0.05, 0) is 17.7 Å². The van der Waals surface area contributed by atoms with E-state index in [9.17, 15) is 9.59 Å². The number of hydrogen-bond acceptors (Lipinski definition) is 3. The van der Waals surface area contributed by atoms with Crippen molar-refractivity contribution in [1.82, 2.24) is 4.57 Å². The summed E-state index contributed by atoms with van der Waals surface area (Å²) in [6, 6.07) is 13.1. The van der Waals surface area contributed by atoms with Crippen molar-refractivity contribution >= 4 is 11.8 Å². The van der Waals surface area contributed by atoms with Crippen molar-refractivity contribution in [3.8, 4) is 0 Å². The van der Waals surface area contributed by atoms with E-state index < -0.39 is 11.8 Å². The molecule has 1 heterocycles. The topological polar surface area (TPSA) is 48.3 Å². The van der Waals surface area contributed by atoms with Gasteiger partial charge < -0.3 is 9.30 Å². The van der Waals surface area contributed by atoms with E-state index in [-0.39, 0.29) is 0 Å². The highest BCUT2D eigenvalue weighted by Gasteiger charge is 2.19. The molecule has 2 aromatic rings. The highest BCUT2D eigenvalue weighted by Crippen LogP contribution is 2.09. The van der Waals surface area contributed by atoms with Crippen LogP contribution >= 0.6 is 0 Å². The number of Topliss-reactive ketones (excluding diaryl/α,β-unsaturated/α-hetero) is 1. The van der Waals surface area contributed by atoms with Gasteiger partial charge in [0.15, 0.2) is 0 Å². The largest absolute Gasteiger partial charge is 0.463 e. The SMILES string of the molecule is COC(=O)C(=O)c1cccn1Cc1ccccc1. The van der Waals surface area contributed by atoms with Crippen molar-refractivity contribution in [1.29, 1.82) is 0 Å². The third-order valence-corrected chi connectivity index (χ3v) is 2.63. The summed E-state index contributed by atoms with van der Waals surface area (Å²) in [5.41, 5.74) is 1.40. The molecule has 0 aliphatic carbocycles. The summed E-state index contributed by atoms with van der Waals surface area (Å²) in [4.78, 5) is 23.0. The third-order valence-electron chi connectivity index (χ3n) is 2.63. The van der Waals surface area contributed by atoms with Gasteiger partial charge in [0.05, 0.1) is 12.8 Å². The van der Waals surface area contributed by atoms with Crippen LogP contribution in [0, 0.1) is 0 Å². The number of ether oxygens (including phenoxy) is 1. The molecule has 0 aliphatic rings. The molecule has 0 N–H and O–H groups in total. The van der Waals surface area contributed by atoms with Crippen molar-refractivity contribution < 1.29 is 14.3 Å². The summed E-state index contributed by atoms with van der Waals surface area (Å²) >= 11 is 0. The Balaban J connectivity index is 2.23. The van der Waals surface area contributed by atoms with E-state index in [0.29, 0.717) is 12.2 Å². The molecule has 0 amide bonds. The normalized spacial score (nSPS) is 10.1. The average Bonchev–Trinajstić information content (AvgIpc) is 2.86. The highest BCUT2D eigenvalue weighted by molar-refractivity contribution is 6.40. The molecule has 0 saturated heterocycles. The fourth-order valence-electron chi connectivity index (χ4n) is 1.74. The van der Waals surface area contributed by atoms with Crippen molar-refractivity contribution in [3.05, 3.63) is 59.9 Å². The molecular formula is C14H13NO3. The molecular weight excluding hydrogens is 230 g/mol. The van der Waals surface area contributed by atoms with Crippen LogP contribution in [0.15, 0.2) is 48.7 Å². The number of methoxy groups -OCH3 is 1. The first kappa shape index (κ1) is 12.1. The lowest BCUT2D eigenvalue weighted by Crippen LogP contribution is -2.19. The van der Waals surface area contributed by atoms with Crippen molar-refractivity contribution in [2.24, 2.45) is 0 Å². The molecule has 0 fully saturated rings. The van der Waals surface area contributed by atoms with E-state index in [1.54, 1.807) is 22.9 Å². The standard InChI is InChI=1S/C14H13NO3/c1-18-14(17)13(16)12-8-5-9-15(12)10-11-6-3-2-4-7-11/h2-9H,10H2,1H3. The summed E-state index contributed by atoms with van der Waals surface area (Å²) in [6.07, 6.45) is 1.77. The number of aromatic nitrogens is 1. The Morgan fingerprint density at radius 3 is 2.50 bits per heavy atom. The first-order chi connectivity index (χ1) is 8.72. The maximum absolute atomic E-state index is 11.8. The summed E-state index contributed by atoms with van der Waals surface area (Å²) in [5.74, 6) is -1.47. The van der Waals surface area contributed by atoms with Gasteiger partial charge in [-0.25, -0.2) is 4.79 Å². The van der Waals surface area contributed by atoms with Gasteiger partial charge in [0.2, 0.25) is 0 Å². The number of hydrogen-bond donors (Lipinski definition) is 0. The van der Waals surface area contributed by atoms with Gasteiger partial charge in [-0.2, -0.15) is 0 Å². The Bertz CT molecular complexity index is 557. The fraction of sp³-hybridized carbons (Fsp3) is 0.143. The molecule has 0 bridgehead atoms. The summed E-state index contributed by atoms with van der Waals surface area (Å²) < 4.78 is 6.17. The monoisotopic (exact) mass is 243 g/mol. The zero-order chi connectivity index (χ0) is 13.0. The van der Waals surface area contributed by atoms with E-state index in [1.807, 2.05) is 30.3 Å². The van der Waals surface area contributed by atoms with Crippen LogP contribution in [0.5, 0.6) is 0 Å². The molecule has 18 heavy (non-hydrogen) atoms. The first-order valence-electron chi connectivity index (χ1n) is 5.54. The van der Waals surface area contributed by atoms with Crippen LogP contribution in [0.1, 0.15) is 16.1 Å². The molecule has 0 unspecified atom stereocenters. The highest BCUT2D eigenvalue weighted by atomic mass is 16.5.